The van der Waals surface area contributed by atoms with Crippen molar-refractivity contribution in [3.63, 3.8) is 0 Å². The number of allylic oxidation sites excluding steroid dienone is 1. The van der Waals surface area contributed by atoms with Crippen molar-refractivity contribution in [3.05, 3.63) is 77.2 Å². The van der Waals surface area contributed by atoms with Gasteiger partial charge in [0.05, 0.1) is 0 Å². The number of nitrogens with zero attached hydrogens (tertiary/aromatic N) is 1. The standard InChI is InChI=1S/C17H14ClNO/c1-2-6-13-10-14(18)11-15-17(13)20-16(19-15)9-12-7-4-3-5-8-12/h2-5,7-8,10-11H,1,6,9H2. The molecule has 2 aromatic carbocycles. The Morgan fingerprint density at radius 2 is 2.00 bits per heavy atom. The molecule has 100 valence electrons. The minimum atomic E-state index is 0.675. The number of halogens is 1. The van der Waals surface area contributed by atoms with Crippen molar-refractivity contribution in [3.8, 4) is 0 Å². The summed E-state index contributed by atoms with van der Waals surface area (Å²) in [5.74, 6) is 0.707. The van der Waals surface area contributed by atoms with E-state index in [4.69, 9.17) is 16.0 Å². The maximum Gasteiger partial charge on any atom is 0.199 e. The van der Waals surface area contributed by atoms with E-state index in [0.29, 0.717) is 17.3 Å². The molecule has 0 aliphatic rings. The van der Waals surface area contributed by atoms with E-state index in [1.807, 2.05) is 36.4 Å². The Kier molecular flexibility index (Phi) is 3.57. The summed E-state index contributed by atoms with van der Waals surface area (Å²) in [5, 5.41) is 0.675. The summed E-state index contributed by atoms with van der Waals surface area (Å²) in [7, 11) is 0. The fourth-order valence-corrected chi connectivity index (χ4v) is 2.50. The Hall–Kier alpha value is -2.06. The molecule has 0 N–H and O–H groups in total. The molecule has 3 heteroatoms. The summed E-state index contributed by atoms with van der Waals surface area (Å²) in [6, 6.07) is 13.9. The number of benzene rings is 2. The molecule has 0 saturated heterocycles. The number of fused-ring (bicyclic) bond motifs is 1. The van der Waals surface area contributed by atoms with Gasteiger partial charge in [0.2, 0.25) is 0 Å². The Bertz CT molecular complexity index is 746. The van der Waals surface area contributed by atoms with Crippen LogP contribution in [0.3, 0.4) is 0 Å². The van der Waals surface area contributed by atoms with Gasteiger partial charge in [-0.25, -0.2) is 4.98 Å². The van der Waals surface area contributed by atoms with Gasteiger partial charge in [0, 0.05) is 17.0 Å². The molecule has 3 rings (SSSR count). The molecule has 0 aliphatic carbocycles. The zero-order valence-corrected chi connectivity index (χ0v) is 11.7. The molecule has 2 nitrogen and oxygen atoms in total. The van der Waals surface area contributed by atoms with Crippen LogP contribution in [-0.2, 0) is 12.8 Å². The van der Waals surface area contributed by atoms with E-state index >= 15 is 0 Å². The van der Waals surface area contributed by atoms with Gasteiger partial charge >= 0.3 is 0 Å². The van der Waals surface area contributed by atoms with Crippen molar-refractivity contribution in [1.82, 2.24) is 4.98 Å². The van der Waals surface area contributed by atoms with Crippen LogP contribution in [-0.4, -0.2) is 4.98 Å². The smallest absolute Gasteiger partial charge is 0.199 e. The normalized spacial score (nSPS) is 10.8. The molecule has 0 saturated carbocycles. The lowest BCUT2D eigenvalue weighted by atomic mass is 10.1. The van der Waals surface area contributed by atoms with E-state index in [1.165, 1.54) is 5.56 Å². The third-order valence-electron chi connectivity index (χ3n) is 3.14. The zero-order valence-electron chi connectivity index (χ0n) is 11.0. The van der Waals surface area contributed by atoms with E-state index in [9.17, 15) is 0 Å². The largest absolute Gasteiger partial charge is 0.440 e. The summed E-state index contributed by atoms with van der Waals surface area (Å²) in [6.07, 6.45) is 3.24. The van der Waals surface area contributed by atoms with Crippen molar-refractivity contribution >= 4 is 22.7 Å². The van der Waals surface area contributed by atoms with Gasteiger partial charge in [-0.05, 0) is 24.1 Å². The summed E-state index contributed by atoms with van der Waals surface area (Å²) in [4.78, 5) is 4.53. The van der Waals surface area contributed by atoms with Crippen LogP contribution in [0.25, 0.3) is 11.1 Å². The van der Waals surface area contributed by atoms with E-state index in [-0.39, 0.29) is 0 Å². The molecular weight excluding hydrogens is 270 g/mol. The molecule has 0 fully saturated rings. The zero-order chi connectivity index (χ0) is 13.9. The average Bonchev–Trinajstić information content (AvgIpc) is 2.82. The molecule has 0 bridgehead atoms. The van der Waals surface area contributed by atoms with Crippen molar-refractivity contribution in [2.45, 2.75) is 12.8 Å². The summed E-state index contributed by atoms with van der Waals surface area (Å²) in [5.41, 5.74) is 3.81. The predicted molar refractivity (Wildman–Crippen MR) is 82.2 cm³/mol. The third kappa shape index (κ3) is 2.61. The average molecular weight is 284 g/mol. The van der Waals surface area contributed by atoms with Crippen LogP contribution < -0.4 is 0 Å². The van der Waals surface area contributed by atoms with Gasteiger partial charge in [0.1, 0.15) is 5.52 Å². The van der Waals surface area contributed by atoms with Gasteiger partial charge < -0.3 is 4.42 Å². The van der Waals surface area contributed by atoms with Crippen LogP contribution in [0.4, 0.5) is 0 Å². The summed E-state index contributed by atoms with van der Waals surface area (Å²) in [6.45, 7) is 3.76. The number of hydrogen-bond donors (Lipinski definition) is 0. The Balaban J connectivity index is 2.02. The van der Waals surface area contributed by atoms with Gasteiger partial charge in [-0.1, -0.05) is 48.0 Å². The minimum absolute atomic E-state index is 0.675. The van der Waals surface area contributed by atoms with Gasteiger partial charge in [-0.2, -0.15) is 0 Å². The second kappa shape index (κ2) is 5.51. The Morgan fingerprint density at radius 1 is 1.20 bits per heavy atom. The van der Waals surface area contributed by atoms with Gasteiger partial charge in [-0.3, -0.25) is 0 Å². The topological polar surface area (TPSA) is 26.0 Å². The lowest BCUT2D eigenvalue weighted by Gasteiger charge is -1.98. The second-order valence-electron chi connectivity index (χ2n) is 4.68. The first-order valence-corrected chi connectivity index (χ1v) is 6.86. The number of hydrogen-bond acceptors (Lipinski definition) is 2. The van der Waals surface area contributed by atoms with E-state index < -0.39 is 0 Å². The highest BCUT2D eigenvalue weighted by atomic mass is 35.5. The fourth-order valence-electron chi connectivity index (χ4n) is 2.26. The van der Waals surface area contributed by atoms with Crippen molar-refractivity contribution in [2.75, 3.05) is 0 Å². The molecule has 3 aromatic rings. The van der Waals surface area contributed by atoms with Crippen molar-refractivity contribution < 1.29 is 4.42 Å². The molecule has 1 heterocycles. The first kappa shape index (κ1) is 12.9. The minimum Gasteiger partial charge on any atom is -0.440 e. The molecule has 0 spiro atoms. The molecule has 0 amide bonds. The summed E-state index contributed by atoms with van der Waals surface area (Å²) >= 11 is 6.11. The van der Waals surface area contributed by atoms with Crippen LogP contribution in [0, 0.1) is 0 Å². The molecular formula is C17H14ClNO. The van der Waals surface area contributed by atoms with Crippen LogP contribution >= 0.6 is 11.6 Å². The Labute approximate surface area is 122 Å². The number of aromatic nitrogens is 1. The van der Waals surface area contributed by atoms with Crippen molar-refractivity contribution in [1.29, 1.82) is 0 Å². The van der Waals surface area contributed by atoms with E-state index in [0.717, 1.165) is 23.1 Å². The van der Waals surface area contributed by atoms with E-state index in [2.05, 4.69) is 23.7 Å². The van der Waals surface area contributed by atoms with Crippen LogP contribution in [0.2, 0.25) is 5.02 Å². The van der Waals surface area contributed by atoms with Crippen LogP contribution in [0.1, 0.15) is 17.0 Å². The lowest BCUT2D eigenvalue weighted by Crippen LogP contribution is -1.86. The highest BCUT2D eigenvalue weighted by molar-refractivity contribution is 6.31. The Morgan fingerprint density at radius 3 is 2.75 bits per heavy atom. The highest BCUT2D eigenvalue weighted by Gasteiger charge is 2.11. The quantitative estimate of drug-likeness (QED) is 0.643. The fraction of sp³-hybridized carbons (Fsp3) is 0.118. The molecule has 0 atom stereocenters. The van der Waals surface area contributed by atoms with Crippen molar-refractivity contribution in [2.24, 2.45) is 0 Å². The van der Waals surface area contributed by atoms with Crippen LogP contribution in [0.15, 0.2) is 59.5 Å². The molecule has 0 radical (unpaired) electrons. The number of oxazole rings is 1. The molecule has 20 heavy (non-hydrogen) atoms. The van der Waals surface area contributed by atoms with E-state index in [1.54, 1.807) is 0 Å². The first-order chi connectivity index (χ1) is 9.76. The predicted octanol–water partition coefficient (Wildman–Crippen LogP) is 4.80. The van der Waals surface area contributed by atoms with Gasteiger partial charge in [0.25, 0.3) is 0 Å². The molecule has 1 aromatic heterocycles. The highest BCUT2D eigenvalue weighted by Crippen LogP contribution is 2.26. The maximum absolute atomic E-state index is 6.11. The third-order valence-corrected chi connectivity index (χ3v) is 3.36. The SMILES string of the molecule is C=CCc1cc(Cl)cc2nc(Cc3ccccc3)oc12. The maximum atomic E-state index is 6.11. The van der Waals surface area contributed by atoms with Gasteiger partial charge in [-0.15, -0.1) is 6.58 Å². The first-order valence-electron chi connectivity index (χ1n) is 6.49. The lowest BCUT2D eigenvalue weighted by molar-refractivity contribution is 0.541. The second-order valence-corrected chi connectivity index (χ2v) is 5.11. The monoisotopic (exact) mass is 283 g/mol. The summed E-state index contributed by atoms with van der Waals surface area (Å²) < 4.78 is 5.89. The van der Waals surface area contributed by atoms with Gasteiger partial charge in [0.15, 0.2) is 11.5 Å². The number of rotatable bonds is 4. The van der Waals surface area contributed by atoms with Crippen LogP contribution in [0.5, 0.6) is 0 Å². The molecule has 0 aliphatic heterocycles. The molecule has 0 unspecified atom stereocenters.